The average Bonchev–Trinajstić information content (AvgIpc) is 2.26. The van der Waals surface area contributed by atoms with E-state index in [4.69, 9.17) is 4.74 Å². The molecule has 0 rings (SSSR count). The summed E-state index contributed by atoms with van der Waals surface area (Å²) >= 11 is 4.21. The molecule has 18 heavy (non-hydrogen) atoms. The Bertz CT molecular complexity index is 189. The van der Waals surface area contributed by atoms with Gasteiger partial charge in [-0.2, -0.15) is 0 Å². The largest absolute Gasteiger partial charge is 0.452 e. The van der Waals surface area contributed by atoms with E-state index < -0.39 is 0 Å². The van der Waals surface area contributed by atoms with Gasteiger partial charge in [0.05, 0.1) is 0 Å². The summed E-state index contributed by atoms with van der Waals surface area (Å²) < 4.78 is 4.95. The van der Waals surface area contributed by atoms with Gasteiger partial charge in [-0.15, -0.1) is 12.6 Å². The summed E-state index contributed by atoms with van der Waals surface area (Å²) in [5.41, 5.74) is -0.211. The van der Waals surface area contributed by atoms with Gasteiger partial charge in [0.1, 0.15) is 5.44 Å². The van der Waals surface area contributed by atoms with Gasteiger partial charge < -0.3 is 4.74 Å². The summed E-state index contributed by atoms with van der Waals surface area (Å²) in [7, 11) is 0. The van der Waals surface area contributed by atoms with Crippen LogP contribution in [0.25, 0.3) is 0 Å². The van der Waals surface area contributed by atoms with Crippen LogP contribution in [-0.2, 0) is 29.0 Å². The van der Waals surface area contributed by atoms with Gasteiger partial charge in [0.2, 0.25) is 0 Å². The quantitative estimate of drug-likeness (QED) is 0.195. The zero-order valence-corrected chi connectivity index (χ0v) is 16.0. The molecule has 1 atom stereocenters. The Morgan fingerprint density at radius 2 is 1.44 bits per heavy atom. The van der Waals surface area contributed by atoms with Crippen LogP contribution in [0.1, 0.15) is 78.1 Å². The van der Waals surface area contributed by atoms with Crippen molar-refractivity contribution >= 4 is 18.6 Å². The fraction of sp³-hybridized carbons (Fsp3) is 0.929. The molecule has 0 aliphatic rings. The Kier molecular flexibility index (Phi) is 17.9. The Hall–Kier alpha value is 0.443. The molecule has 4 heteroatoms. The van der Waals surface area contributed by atoms with Gasteiger partial charge in [-0.25, -0.2) is 0 Å². The molecular formula is C14H28O2SZn. The number of ether oxygens (including phenoxy) is 1. The second-order valence-corrected chi connectivity index (χ2v) is 5.26. The molecule has 0 fully saturated rings. The number of hydrogen-bond acceptors (Lipinski definition) is 3. The van der Waals surface area contributed by atoms with E-state index >= 15 is 0 Å². The minimum absolute atomic E-state index is 0. The molecule has 104 valence electrons. The zero-order valence-electron chi connectivity index (χ0n) is 12.1. The van der Waals surface area contributed by atoms with Crippen molar-refractivity contribution in [3.8, 4) is 0 Å². The first kappa shape index (κ1) is 20.8. The normalized spacial score (nSPS) is 11.7. The molecular weight excluding hydrogens is 298 g/mol. The van der Waals surface area contributed by atoms with E-state index in [-0.39, 0.29) is 30.9 Å². The fourth-order valence-electron chi connectivity index (χ4n) is 1.88. The van der Waals surface area contributed by atoms with E-state index in [1.54, 1.807) is 0 Å². The summed E-state index contributed by atoms with van der Waals surface area (Å²) in [6, 6.07) is 0. The van der Waals surface area contributed by atoms with Crippen molar-refractivity contribution in [1.82, 2.24) is 0 Å². The average molecular weight is 326 g/mol. The predicted molar refractivity (Wildman–Crippen MR) is 76.4 cm³/mol. The molecule has 0 aliphatic carbocycles. The van der Waals surface area contributed by atoms with Gasteiger partial charge in [0.15, 0.2) is 0 Å². The summed E-state index contributed by atoms with van der Waals surface area (Å²) in [6.07, 6.45) is 12.7. The van der Waals surface area contributed by atoms with E-state index in [1.165, 1.54) is 58.3 Å². The first-order valence-electron chi connectivity index (χ1n) is 7.02. The van der Waals surface area contributed by atoms with Gasteiger partial charge in [-0.1, -0.05) is 58.3 Å². The van der Waals surface area contributed by atoms with Crippen molar-refractivity contribution in [2.75, 3.05) is 0 Å². The molecule has 0 aromatic heterocycles. The van der Waals surface area contributed by atoms with Crippen molar-refractivity contribution in [3.05, 3.63) is 0 Å². The van der Waals surface area contributed by atoms with Crippen molar-refractivity contribution in [2.24, 2.45) is 0 Å². The summed E-state index contributed by atoms with van der Waals surface area (Å²) in [4.78, 5) is 10.6. The van der Waals surface area contributed by atoms with Crippen LogP contribution in [0.4, 0.5) is 0 Å². The third kappa shape index (κ3) is 16.4. The maximum atomic E-state index is 10.6. The van der Waals surface area contributed by atoms with Gasteiger partial charge in [-0.3, -0.25) is 4.79 Å². The van der Waals surface area contributed by atoms with E-state index in [1.807, 2.05) is 0 Å². The van der Waals surface area contributed by atoms with Crippen LogP contribution in [-0.4, -0.2) is 11.4 Å². The number of thiol groups is 1. The Morgan fingerprint density at radius 1 is 1.00 bits per heavy atom. The van der Waals surface area contributed by atoms with Crippen molar-refractivity contribution in [1.29, 1.82) is 0 Å². The number of esters is 1. The van der Waals surface area contributed by atoms with Gasteiger partial charge >= 0.3 is 5.97 Å². The molecule has 0 aromatic rings. The fourth-order valence-corrected chi connectivity index (χ4v) is 2.21. The first-order chi connectivity index (χ1) is 8.16. The summed E-state index contributed by atoms with van der Waals surface area (Å²) in [6.45, 7) is 3.68. The molecule has 0 amide bonds. The Morgan fingerprint density at radius 3 is 1.89 bits per heavy atom. The Balaban J connectivity index is 0. The molecule has 0 heterocycles. The molecule has 0 spiro atoms. The molecule has 1 unspecified atom stereocenters. The molecule has 0 radical (unpaired) electrons. The minimum Gasteiger partial charge on any atom is -0.452 e. The van der Waals surface area contributed by atoms with E-state index in [0.29, 0.717) is 0 Å². The smallest absolute Gasteiger partial charge is 0.303 e. The molecule has 0 saturated carbocycles. The number of carbonyl (C=O) groups is 1. The molecule has 0 aromatic carbocycles. The first-order valence-corrected chi connectivity index (χ1v) is 7.53. The van der Waals surface area contributed by atoms with E-state index in [9.17, 15) is 4.79 Å². The van der Waals surface area contributed by atoms with Crippen molar-refractivity contribution < 1.29 is 29.0 Å². The van der Waals surface area contributed by atoms with E-state index in [0.717, 1.165) is 12.8 Å². The van der Waals surface area contributed by atoms with Crippen molar-refractivity contribution in [3.63, 3.8) is 0 Å². The van der Waals surface area contributed by atoms with Gasteiger partial charge in [0, 0.05) is 26.4 Å². The Labute approximate surface area is 131 Å². The summed E-state index contributed by atoms with van der Waals surface area (Å²) in [5.74, 6) is -0.235. The van der Waals surface area contributed by atoms with Gasteiger partial charge in [-0.05, 0) is 12.8 Å². The monoisotopic (exact) mass is 324 g/mol. The number of carbonyl (C=O) groups excluding carboxylic acids is 1. The topological polar surface area (TPSA) is 26.3 Å². The van der Waals surface area contributed by atoms with Crippen LogP contribution >= 0.6 is 12.6 Å². The SMILES string of the molecule is CCCCCCCCCCCC(S)OC(C)=O.[Zn]. The predicted octanol–water partition coefficient (Wildman–Crippen LogP) is 4.72. The summed E-state index contributed by atoms with van der Waals surface area (Å²) in [5, 5.41) is 0. The number of hydrogen-bond donors (Lipinski definition) is 1. The molecule has 0 aliphatic heterocycles. The van der Waals surface area contributed by atoms with Crippen LogP contribution in [0.2, 0.25) is 0 Å². The number of rotatable bonds is 11. The molecule has 0 N–H and O–H groups in total. The number of unbranched alkanes of at least 4 members (excludes halogenated alkanes) is 8. The van der Waals surface area contributed by atoms with Crippen LogP contribution in [0.5, 0.6) is 0 Å². The minimum atomic E-state index is -0.235. The van der Waals surface area contributed by atoms with Gasteiger partial charge in [0.25, 0.3) is 0 Å². The van der Waals surface area contributed by atoms with Crippen LogP contribution in [0.3, 0.4) is 0 Å². The molecule has 0 saturated heterocycles. The van der Waals surface area contributed by atoms with Crippen LogP contribution in [0, 0.1) is 0 Å². The third-order valence-electron chi connectivity index (χ3n) is 2.86. The van der Waals surface area contributed by atoms with Crippen LogP contribution in [0.15, 0.2) is 0 Å². The maximum Gasteiger partial charge on any atom is 0.303 e. The van der Waals surface area contributed by atoms with Crippen molar-refractivity contribution in [2.45, 2.75) is 83.5 Å². The second-order valence-electron chi connectivity index (χ2n) is 4.68. The van der Waals surface area contributed by atoms with E-state index in [2.05, 4.69) is 19.6 Å². The maximum absolute atomic E-state index is 10.6. The van der Waals surface area contributed by atoms with Crippen LogP contribution < -0.4 is 0 Å². The standard InChI is InChI=1S/C14H28O2S.Zn/c1-3-4-5-6-7-8-9-10-11-12-14(17)16-13(2)15;/h14,17H,3-12H2,1-2H3;. The second kappa shape index (κ2) is 15.5. The third-order valence-corrected chi connectivity index (χ3v) is 3.22. The molecule has 0 bridgehead atoms. The zero-order chi connectivity index (χ0) is 12.9. The molecule has 2 nitrogen and oxygen atoms in total.